The van der Waals surface area contributed by atoms with Gasteiger partial charge in [-0.2, -0.15) is 0 Å². The van der Waals surface area contributed by atoms with E-state index < -0.39 is 0 Å². The quantitative estimate of drug-likeness (QED) is 0.376. The Balaban J connectivity index is 4.43. The van der Waals surface area contributed by atoms with E-state index in [1.165, 1.54) is 6.08 Å². The maximum Gasteiger partial charge on any atom is 0.185 e. The summed E-state index contributed by atoms with van der Waals surface area (Å²) in [6.45, 7) is 5.33. The van der Waals surface area contributed by atoms with E-state index in [1.54, 1.807) is 29.7 Å². The third-order valence-corrected chi connectivity index (χ3v) is 1.60. The average molecular weight is 190 g/mol. The molecule has 0 aliphatic heterocycles. The van der Waals surface area contributed by atoms with E-state index in [1.807, 2.05) is 6.92 Å². The smallest absolute Gasteiger partial charge is 0.185 e. The van der Waals surface area contributed by atoms with E-state index >= 15 is 0 Å². The molecule has 0 aromatic rings. The standard InChI is InChI=1S/C10H11BOS/c1-3-5-6-9(4-2)10(12)7-8-13-11/h3-8H,1H2,2H3/b6-5-,8-7+,9-4+. The van der Waals surface area contributed by atoms with Crippen molar-refractivity contribution in [3.05, 3.63) is 47.9 Å². The molecule has 0 atom stereocenters. The molecule has 0 aromatic heterocycles. The summed E-state index contributed by atoms with van der Waals surface area (Å²) >= 11 is 1.01. The van der Waals surface area contributed by atoms with Gasteiger partial charge in [0.2, 0.25) is 0 Å². The van der Waals surface area contributed by atoms with E-state index in [-0.39, 0.29) is 5.78 Å². The fourth-order valence-electron chi connectivity index (χ4n) is 0.690. The first-order valence-electron chi connectivity index (χ1n) is 3.78. The van der Waals surface area contributed by atoms with Crippen molar-refractivity contribution in [1.29, 1.82) is 0 Å². The Hall–Kier alpha value is -0.955. The maximum absolute atomic E-state index is 11.3. The molecule has 13 heavy (non-hydrogen) atoms. The molecule has 2 radical (unpaired) electrons. The number of rotatable bonds is 5. The normalized spacial score (nSPS) is 12.5. The SMILES string of the molecule is [B]S/C=C/C(=O)C(/C=C\C=C)=C/C. The molecule has 0 fully saturated rings. The number of hydrogen-bond acceptors (Lipinski definition) is 2. The number of carbonyl (C=O) groups is 1. The van der Waals surface area contributed by atoms with Gasteiger partial charge in [0.05, 0.1) is 0 Å². The molecule has 0 rings (SSSR count). The van der Waals surface area contributed by atoms with Gasteiger partial charge in [-0.3, -0.25) is 4.79 Å². The third-order valence-electron chi connectivity index (χ3n) is 1.31. The minimum absolute atomic E-state index is 0.0569. The molecule has 0 amide bonds. The van der Waals surface area contributed by atoms with Crippen LogP contribution in [0.5, 0.6) is 0 Å². The summed E-state index contributed by atoms with van der Waals surface area (Å²) in [7, 11) is 5.14. The summed E-state index contributed by atoms with van der Waals surface area (Å²) in [5, 5.41) is 1.55. The zero-order chi connectivity index (χ0) is 10.1. The molecule has 0 unspecified atom stereocenters. The van der Waals surface area contributed by atoms with Crippen LogP contribution in [0.2, 0.25) is 0 Å². The maximum atomic E-state index is 11.3. The second-order valence-corrected chi connectivity index (χ2v) is 2.69. The van der Waals surface area contributed by atoms with Crippen LogP contribution in [0, 0.1) is 0 Å². The number of allylic oxidation sites excluding steroid dienone is 6. The Morgan fingerprint density at radius 1 is 1.46 bits per heavy atom. The fourth-order valence-corrected chi connectivity index (χ4v) is 0.892. The molecule has 66 valence electrons. The van der Waals surface area contributed by atoms with Gasteiger partial charge in [0, 0.05) is 5.57 Å². The summed E-state index contributed by atoms with van der Waals surface area (Å²) in [6.07, 6.45) is 8.23. The van der Waals surface area contributed by atoms with Gasteiger partial charge in [0.25, 0.3) is 0 Å². The molecule has 0 heterocycles. The predicted octanol–water partition coefficient (Wildman–Crippen LogP) is 2.57. The van der Waals surface area contributed by atoms with Crippen LogP contribution in [0.25, 0.3) is 0 Å². The third kappa shape index (κ3) is 5.31. The lowest BCUT2D eigenvalue weighted by atomic mass is 10.1. The van der Waals surface area contributed by atoms with Crippen LogP contribution in [-0.4, -0.2) is 12.9 Å². The molecule has 0 aliphatic rings. The highest BCUT2D eigenvalue weighted by Gasteiger charge is 1.98. The largest absolute Gasteiger partial charge is 0.289 e. The van der Waals surface area contributed by atoms with Gasteiger partial charge < -0.3 is 0 Å². The zero-order valence-corrected chi connectivity index (χ0v) is 8.38. The summed E-state index contributed by atoms with van der Waals surface area (Å²) in [5.41, 5.74) is 0.630. The molecule has 0 spiro atoms. The molecule has 0 saturated carbocycles. The topological polar surface area (TPSA) is 17.1 Å². The highest BCUT2D eigenvalue weighted by atomic mass is 32.2. The van der Waals surface area contributed by atoms with Gasteiger partial charge in [0.15, 0.2) is 12.9 Å². The summed E-state index contributed by atoms with van der Waals surface area (Å²) in [6, 6.07) is 0. The second kappa shape index (κ2) is 7.68. The molecule has 0 aromatic carbocycles. The Bertz CT molecular complexity index is 264. The van der Waals surface area contributed by atoms with Gasteiger partial charge in [-0.05, 0) is 18.4 Å². The van der Waals surface area contributed by atoms with Gasteiger partial charge in [-0.1, -0.05) is 30.9 Å². The molecule has 0 saturated heterocycles. The fraction of sp³-hybridized carbons (Fsp3) is 0.100. The average Bonchev–Trinajstić information content (AvgIpc) is 2.16. The van der Waals surface area contributed by atoms with Crippen molar-refractivity contribution in [2.45, 2.75) is 6.92 Å². The molecule has 0 aliphatic carbocycles. The minimum atomic E-state index is -0.0569. The van der Waals surface area contributed by atoms with Crippen molar-refractivity contribution >= 4 is 24.5 Å². The molecule has 0 N–H and O–H groups in total. The van der Waals surface area contributed by atoms with E-state index in [4.69, 9.17) is 7.12 Å². The van der Waals surface area contributed by atoms with E-state index in [0.717, 1.165) is 11.6 Å². The first-order chi connectivity index (χ1) is 6.26. The lowest BCUT2D eigenvalue weighted by Gasteiger charge is -1.93. The van der Waals surface area contributed by atoms with E-state index in [9.17, 15) is 4.79 Å². The van der Waals surface area contributed by atoms with Gasteiger partial charge in [-0.15, -0.1) is 0 Å². The van der Waals surface area contributed by atoms with Crippen molar-refractivity contribution in [2.75, 3.05) is 0 Å². The lowest BCUT2D eigenvalue weighted by Crippen LogP contribution is -1.94. The molecular weight excluding hydrogens is 179 g/mol. The lowest BCUT2D eigenvalue weighted by molar-refractivity contribution is -0.111. The van der Waals surface area contributed by atoms with Crippen LogP contribution >= 0.6 is 11.6 Å². The molecule has 3 heteroatoms. The minimum Gasteiger partial charge on any atom is -0.289 e. The summed E-state index contributed by atoms with van der Waals surface area (Å²) in [5.74, 6) is -0.0569. The highest BCUT2D eigenvalue weighted by Crippen LogP contribution is 2.02. The monoisotopic (exact) mass is 190 g/mol. The molecular formula is C10H11BOS. The second-order valence-electron chi connectivity index (χ2n) is 2.14. The molecule has 1 nitrogen and oxygen atoms in total. The van der Waals surface area contributed by atoms with E-state index in [2.05, 4.69) is 6.58 Å². The Morgan fingerprint density at radius 3 is 2.62 bits per heavy atom. The van der Waals surface area contributed by atoms with Gasteiger partial charge >= 0.3 is 0 Å². The van der Waals surface area contributed by atoms with Crippen LogP contribution in [0.3, 0.4) is 0 Å². The van der Waals surface area contributed by atoms with Crippen molar-refractivity contribution in [3.8, 4) is 0 Å². The zero-order valence-electron chi connectivity index (χ0n) is 7.57. The van der Waals surface area contributed by atoms with Crippen molar-refractivity contribution < 1.29 is 4.79 Å². The Kier molecular flexibility index (Phi) is 7.12. The van der Waals surface area contributed by atoms with Gasteiger partial charge in [0.1, 0.15) is 0 Å². The predicted molar refractivity (Wildman–Crippen MR) is 60.6 cm³/mol. The van der Waals surface area contributed by atoms with E-state index in [0.29, 0.717) is 5.57 Å². The number of hydrogen-bond donors (Lipinski definition) is 0. The Morgan fingerprint density at radius 2 is 2.15 bits per heavy atom. The van der Waals surface area contributed by atoms with Crippen LogP contribution in [0.4, 0.5) is 0 Å². The number of carbonyl (C=O) groups excluding carboxylic acids is 1. The highest BCUT2D eigenvalue weighted by molar-refractivity contribution is 8.22. The first-order valence-corrected chi connectivity index (χ1v) is 4.72. The summed E-state index contributed by atoms with van der Waals surface area (Å²) < 4.78 is 0. The van der Waals surface area contributed by atoms with Crippen LogP contribution in [-0.2, 0) is 4.79 Å². The first kappa shape index (κ1) is 12.0. The van der Waals surface area contributed by atoms with Crippen molar-refractivity contribution in [1.82, 2.24) is 0 Å². The van der Waals surface area contributed by atoms with Gasteiger partial charge in [-0.25, -0.2) is 11.6 Å². The molecule has 0 bridgehead atoms. The van der Waals surface area contributed by atoms with Crippen LogP contribution < -0.4 is 0 Å². The van der Waals surface area contributed by atoms with Crippen LogP contribution in [0.15, 0.2) is 47.9 Å². The van der Waals surface area contributed by atoms with Crippen molar-refractivity contribution in [2.24, 2.45) is 0 Å². The number of ketones is 1. The van der Waals surface area contributed by atoms with Crippen molar-refractivity contribution in [3.63, 3.8) is 0 Å². The summed E-state index contributed by atoms with van der Waals surface area (Å²) in [4.78, 5) is 11.3. The van der Waals surface area contributed by atoms with Crippen LogP contribution in [0.1, 0.15) is 6.92 Å². The Labute approximate surface area is 84.6 Å².